The molecule has 0 radical (unpaired) electrons. The van der Waals surface area contributed by atoms with Crippen molar-refractivity contribution in [3.63, 3.8) is 0 Å². The Morgan fingerprint density at radius 2 is 2.17 bits per heavy atom. The first-order chi connectivity index (χ1) is 5.72. The van der Waals surface area contributed by atoms with Crippen LogP contribution >= 0.6 is 11.6 Å². The van der Waals surface area contributed by atoms with Crippen molar-refractivity contribution in [3.8, 4) is 0 Å². The third-order valence-electron chi connectivity index (χ3n) is 1.34. The number of allylic oxidation sites excluding steroid dienone is 1. The normalized spacial score (nSPS) is 10.8. The summed E-state index contributed by atoms with van der Waals surface area (Å²) >= 11 is 5.42. The monoisotopic (exact) mass is 185 g/mol. The predicted octanol–water partition coefficient (Wildman–Crippen LogP) is 2.66. The van der Waals surface area contributed by atoms with E-state index in [0.29, 0.717) is 11.6 Å². The van der Waals surface area contributed by atoms with E-state index in [2.05, 4.69) is 0 Å². The second-order valence-electron chi connectivity index (χ2n) is 2.37. The Kier molecular flexibility index (Phi) is 3.11. The fraction of sp³-hybridized carbons (Fsp3) is 0.111. The lowest BCUT2D eigenvalue weighted by Crippen LogP contribution is -1.87. The van der Waals surface area contributed by atoms with Gasteiger partial charge in [-0.05, 0) is 23.8 Å². The number of nitrogens with two attached hydrogens (primary N) is 1. The maximum Gasteiger partial charge on any atom is 0.125 e. The Morgan fingerprint density at radius 3 is 2.75 bits per heavy atom. The van der Waals surface area contributed by atoms with Gasteiger partial charge in [0, 0.05) is 11.6 Å². The van der Waals surface area contributed by atoms with Gasteiger partial charge in [-0.2, -0.15) is 0 Å². The Bertz CT molecular complexity index is 276. The number of halogens is 2. The zero-order valence-corrected chi connectivity index (χ0v) is 7.18. The van der Waals surface area contributed by atoms with Crippen LogP contribution in [0.1, 0.15) is 5.56 Å². The van der Waals surface area contributed by atoms with Gasteiger partial charge in [-0.3, -0.25) is 0 Å². The molecule has 64 valence electrons. The molecule has 0 heterocycles. The maximum atomic E-state index is 12.7. The van der Waals surface area contributed by atoms with E-state index in [-0.39, 0.29) is 5.82 Å². The fourth-order valence-corrected chi connectivity index (χ4v) is 1.00. The number of rotatable bonds is 2. The van der Waals surface area contributed by atoms with Crippen LogP contribution in [0.3, 0.4) is 0 Å². The first kappa shape index (κ1) is 9.07. The molecule has 3 heteroatoms. The van der Waals surface area contributed by atoms with Crippen LogP contribution in [0.4, 0.5) is 10.1 Å². The van der Waals surface area contributed by atoms with Crippen molar-refractivity contribution in [1.82, 2.24) is 0 Å². The van der Waals surface area contributed by atoms with Crippen LogP contribution in [0.2, 0.25) is 0 Å². The third-order valence-corrected chi connectivity index (χ3v) is 1.52. The molecule has 0 aliphatic heterocycles. The molecule has 0 saturated heterocycles. The Balaban J connectivity index is 2.93. The molecule has 12 heavy (non-hydrogen) atoms. The Labute approximate surface area is 75.6 Å². The molecule has 0 atom stereocenters. The van der Waals surface area contributed by atoms with E-state index in [1.54, 1.807) is 18.2 Å². The molecule has 0 amide bonds. The van der Waals surface area contributed by atoms with E-state index in [9.17, 15) is 4.39 Å². The van der Waals surface area contributed by atoms with Crippen LogP contribution in [0.5, 0.6) is 0 Å². The number of nitrogen functional groups attached to an aromatic ring is 1. The van der Waals surface area contributed by atoms with Gasteiger partial charge in [0.25, 0.3) is 0 Å². The van der Waals surface area contributed by atoms with Gasteiger partial charge in [-0.15, -0.1) is 11.6 Å². The molecule has 1 rings (SSSR count). The van der Waals surface area contributed by atoms with E-state index in [1.165, 1.54) is 12.1 Å². The van der Waals surface area contributed by atoms with Gasteiger partial charge >= 0.3 is 0 Å². The Hall–Kier alpha value is -1.02. The molecule has 0 aliphatic rings. The molecular weight excluding hydrogens is 177 g/mol. The van der Waals surface area contributed by atoms with Gasteiger partial charge in [0.15, 0.2) is 0 Å². The largest absolute Gasteiger partial charge is 0.399 e. The smallest absolute Gasteiger partial charge is 0.125 e. The van der Waals surface area contributed by atoms with Crippen LogP contribution in [-0.4, -0.2) is 5.88 Å². The number of hydrogen-bond acceptors (Lipinski definition) is 1. The molecule has 1 aromatic carbocycles. The highest BCUT2D eigenvalue weighted by molar-refractivity contribution is 6.19. The van der Waals surface area contributed by atoms with Crippen molar-refractivity contribution in [2.75, 3.05) is 11.6 Å². The molecule has 0 fully saturated rings. The molecule has 0 unspecified atom stereocenters. The highest BCUT2D eigenvalue weighted by atomic mass is 35.5. The number of benzene rings is 1. The molecule has 0 aliphatic carbocycles. The van der Waals surface area contributed by atoms with Gasteiger partial charge in [0.2, 0.25) is 0 Å². The SMILES string of the molecule is Nc1cc(F)cc(C=CCCl)c1. The zero-order valence-electron chi connectivity index (χ0n) is 6.43. The molecule has 1 aromatic rings. The first-order valence-corrected chi connectivity index (χ1v) is 4.04. The van der Waals surface area contributed by atoms with Crippen molar-refractivity contribution in [1.29, 1.82) is 0 Å². The van der Waals surface area contributed by atoms with E-state index in [0.717, 1.165) is 5.56 Å². The highest BCUT2D eigenvalue weighted by Crippen LogP contribution is 2.11. The maximum absolute atomic E-state index is 12.7. The zero-order chi connectivity index (χ0) is 8.97. The molecule has 0 aromatic heterocycles. The van der Waals surface area contributed by atoms with Crippen LogP contribution in [0.15, 0.2) is 24.3 Å². The number of alkyl halides is 1. The van der Waals surface area contributed by atoms with Gasteiger partial charge in [0.1, 0.15) is 5.82 Å². The minimum atomic E-state index is -0.329. The van der Waals surface area contributed by atoms with Crippen LogP contribution < -0.4 is 5.73 Å². The van der Waals surface area contributed by atoms with Crippen molar-refractivity contribution >= 4 is 23.4 Å². The van der Waals surface area contributed by atoms with E-state index >= 15 is 0 Å². The van der Waals surface area contributed by atoms with E-state index < -0.39 is 0 Å². The third kappa shape index (κ3) is 2.55. The van der Waals surface area contributed by atoms with Crippen molar-refractivity contribution in [2.24, 2.45) is 0 Å². The second kappa shape index (κ2) is 4.12. The summed E-state index contributed by atoms with van der Waals surface area (Å²) in [5.74, 6) is 0.0837. The Morgan fingerprint density at radius 1 is 1.42 bits per heavy atom. The molecular formula is C9H9ClFN. The number of anilines is 1. The second-order valence-corrected chi connectivity index (χ2v) is 2.68. The van der Waals surface area contributed by atoms with Crippen LogP contribution in [0, 0.1) is 5.82 Å². The summed E-state index contributed by atoms with van der Waals surface area (Å²) < 4.78 is 12.7. The average molecular weight is 186 g/mol. The van der Waals surface area contributed by atoms with Gasteiger partial charge in [-0.1, -0.05) is 12.2 Å². The lowest BCUT2D eigenvalue weighted by Gasteiger charge is -1.96. The standard InChI is InChI=1S/C9H9ClFN/c10-3-1-2-7-4-8(11)6-9(12)5-7/h1-2,4-6H,3,12H2. The predicted molar refractivity (Wildman–Crippen MR) is 50.6 cm³/mol. The van der Waals surface area contributed by atoms with E-state index in [4.69, 9.17) is 17.3 Å². The summed E-state index contributed by atoms with van der Waals surface area (Å²) in [5.41, 5.74) is 6.57. The van der Waals surface area contributed by atoms with Crippen molar-refractivity contribution in [3.05, 3.63) is 35.7 Å². The topological polar surface area (TPSA) is 26.0 Å². The van der Waals surface area contributed by atoms with Gasteiger partial charge < -0.3 is 5.73 Å². The molecule has 0 spiro atoms. The van der Waals surface area contributed by atoms with Crippen LogP contribution in [-0.2, 0) is 0 Å². The first-order valence-electron chi connectivity index (χ1n) is 3.51. The fourth-order valence-electron chi connectivity index (χ4n) is 0.913. The molecule has 0 bridgehead atoms. The molecule has 0 saturated carbocycles. The quantitative estimate of drug-likeness (QED) is 0.557. The minimum Gasteiger partial charge on any atom is -0.399 e. The van der Waals surface area contributed by atoms with E-state index in [1.807, 2.05) is 0 Å². The van der Waals surface area contributed by atoms with Crippen LogP contribution in [0.25, 0.3) is 6.08 Å². The number of hydrogen-bond donors (Lipinski definition) is 1. The average Bonchev–Trinajstić information content (AvgIpc) is 1.99. The highest BCUT2D eigenvalue weighted by Gasteiger charge is 1.94. The lowest BCUT2D eigenvalue weighted by molar-refractivity contribution is 0.628. The summed E-state index contributed by atoms with van der Waals surface area (Å²) in [6, 6.07) is 4.36. The minimum absolute atomic E-state index is 0.329. The van der Waals surface area contributed by atoms with Crippen molar-refractivity contribution in [2.45, 2.75) is 0 Å². The molecule has 1 nitrogen and oxygen atoms in total. The van der Waals surface area contributed by atoms with Crippen molar-refractivity contribution < 1.29 is 4.39 Å². The summed E-state index contributed by atoms with van der Waals surface area (Å²) in [5, 5.41) is 0. The summed E-state index contributed by atoms with van der Waals surface area (Å²) in [6.45, 7) is 0. The van der Waals surface area contributed by atoms with Gasteiger partial charge in [-0.25, -0.2) is 4.39 Å². The summed E-state index contributed by atoms with van der Waals surface area (Å²) in [4.78, 5) is 0. The van der Waals surface area contributed by atoms with Gasteiger partial charge in [0.05, 0.1) is 0 Å². The molecule has 2 N–H and O–H groups in total. The summed E-state index contributed by atoms with van der Waals surface area (Å²) in [7, 11) is 0. The lowest BCUT2D eigenvalue weighted by atomic mass is 10.2. The summed E-state index contributed by atoms with van der Waals surface area (Å²) in [6.07, 6.45) is 3.46.